The molecule has 1 rings (SSSR count). The van der Waals surface area contributed by atoms with Gasteiger partial charge in [0.25, 0.3) is 0 Å². The van der Waals surface area contributed by atoms with Gasteiger partial charge in [-0.25, -0.2) is 4.79 Å². The average molecular weight is 221 g/mol. The summed E-state index contributed by atoms with van der Waals surface area (Å²) in [5, 5.41) is 11.0. The normalized spacial score (nSPS) is 9.69. The molecule has 6 heteroatoms. The summed E-state index contributed by atoms with van der Waals surface area (Å²) >= 11 is 11.3. The highest BCUT2D eigenvalue weighted by Crippen LogP contribution is 2.31. The van der Waals surface area contributed by atoms with Crippen LogP contribution in [0.5, 0.6) is 0 Å². The zero-order valence-corrected chi connectivity index (χ0v) is 7.86. The minimum Gasteiger partial charge on any atom is -0.465 e. The number of carboxylic acid groups (broad SMARTS) is 1. The molecule has 0 aliphatic carbocycles. The van der Waals surface area contributed by atoms with E-state index in [1.165, 1.54) is 12.1 Å². The molecule has 0 fully saturated rings. The molecule has 4 N–H and O–H groups in total. The van der Waals surface area contributed by atoms with Gasteiger partial charge in [-0.2, -0.15) is 0 Å². The third-order valence-corrected chi connectivity index (χ3v) is 1.87. The summed E-state index contributed by atoms with van der Waals surface area (Å²) in [5.74, 6) is 0. The Morgan fingerprint density at radius 1 is 1.46 bits per heavy atom. The maximum atomic E-state index is 10.3. The lowest BCUT2D eigenvalue weighted by Gasteiger charge is -2.06. The van der Waals surface area contributed by atoms with Crippen molar-refractivity contribution < 1.29 is 9.90 Å². The molecule has 0 atom stereocenters. The Kier molecular flexibility index (Phi) is 2.85. The number of benzene rings is 1. The number of anilines is 2. The van der Waals surface area contributed by atoms with Gasteiger partial charge in [-0.1, -0.05) is 23.2 Å². The highest BCUT2D eigenvalue weighted by atomic mass is 35.5. The molecular formula is C7H6Cl2N2O2. The molecule has 0 saturated carbocycles. The van der Waals surface area contributed by atoms with Crippen molar-refractivity contribution in [3.63, 3.8) is 0 Å². The first-order chi connectivity index (χ1) is 6.00. The predicted molar refractivity (Wildman–Crippen MR) is 52.5 cm³/mol. The van der Waals surface area contributed by atoms with Gasteiger partial charge in [-0.05, 0) is 12.1 Å². The summed E-state index contributed by atoms with van der Waals surface area (Å²) in [6.07, 6.45) is -1.22. The number of nitrogens with two attached hydrogens (primary N) is 1. The van der Waals surface area contributed by atoms with E-state index in [4.69, 9.17) is 34.0 Å². The van der Waals surface area contributed by atoms with E-state index in [1.54, 1.807) is 0 Å². The molecule has 0 aliphatic rings. The van der Waals surface area contributed by atoms with Crippen LogP contribution in [0.4, 0.5) is 16.2 Å². The summed E-state index contributed by atoms with van der Waals surface area (Å²) in [6.45, 7) is 0. The van der Waals surface area contributed by atoms with Crippen molar-refractivity contribution in [1.82, 2.24) is 0 Å². The number of hydrogen-bond donors (Lipinski definition) is 3. The maximum Gasteiger partial charge on any atom is 0.409 e. The first-order valence-electron chi connectivity index (χ1n) is 3.25. The lowest BCUT2D eigenvalue weighted by molar-refractivity contribution is 0.210. The van der Waals surface area contributed by atoms with Crippen LogP contribution in [-0.4, -0.2) is 11.2 Å². The van der Waals surface area contributed by atoms with E-state index < -0.39 is 6.09 Å². The van der Waals surface area contributed by atoms with E-state index in [0.29, 0.717) is 5.02 Å². The van der Waals surface area contributed by atoms with E-state index in [0.717, 1.165) is 0 Å². The third-order valence-electron chi connectivity index (χ3n) is 1.34. The standard InChI is InChI=1S/C7H6Cl2N2O2/c8-3-1-4(9)6(10)5(2-3)11-7(12)13/h1-2,11H,10H2,(H,12,13). The number of nitrogen functional groups attached to an aromatic ring is 1. The van der Waals surface area contributed by atoms with Crippen LogP contribution in [0, 0.1) is 0 Å². The summed E-state index contributed by atoms with van der Waals surface area (Å²) in [6, 6.07) is 2.82. The second kappa shape index (κ2) is 3.72. The lowest BCUT2D eigenvalue weighted by atomic mass is 10.2. The molecule has 0 bridgehead atoms. The molecule has 0 unspecified atom stereocenters. The second-order valence-electron chi connectivity index (χ2n) is 2.28. The van der Waals surface area contributed by atoms with Crippen LogP contribution in [0.15, 0.2) is 12.1 Å². The van der Waals surface area contributed by atoms with Gasteiger partial charge in [0.1, 0.15) is 0 Å². The fourth-order valence-electron chi connectivity index (χ4n) is 0.803. The molecule has 0 spiro atoms. The Bertz CT molecular complexity index is 355. The second-order valence-corrected chi connectivity index (χ2v) is 3.12. The molecule has 4 nitrogen and oxygen atoms in total. The predicted octanol–water partition coefficient (Wildman–Crippen LogP) is 2.67. The number of hydrogen-bond acceptors (Lipinski definition) is 2. The van der Waals surface area contributed by atoms with Crippen LogP contribution in [0.1, 0.15) is 0 Å². The summed E-state index contributed by atoms with van der Waals surface area (Å²) < 4.78 is 0. The van der Waals surface area contributed by atoms with Gasteiger partial charge >= 0.3 is 6.09 Å². The number of rotatable bonds is 1. The minimum absolute atomic E-state index is 0.161. The largest absolute Gasteiger partial charge is 0.465 e. The van der Waals surface area contributed by atoms with Gasteiger partial charge in [0.15, 0.2) is 0 Å². The molecule has 0 aliphatic heterocycles. The number of nitrogens with one attached hydrogen (secondary N) is 1. The molecular weight excluding hydrogens is 215 g/mol. The van der Waals surface area contributed by atoms with Crippen molar-refractivity contribution in [2.75, 3.05) is 11.1 Å². The van der Waals surface area contributed by atoms with Gasteiger partial charge in [-0.3, -0.25) is 5.32 Å². The van der Waals surface area contributed by atoms with E-state index in [2.05, 4.69) is 5.32 Å². The minimum atomic E-state index is -1.22. The lowest BCUT2D eigenvalue weighted by Crippen LogP contribution is -2.09. The average Bonchev–Trinajstić information content (AvgIpc) is 1.98. The zero-order valence-electron chi connectivity index (χ0n) is 6.34. The van der Waals surface area contributed by atoms with Crippen LogP contribution in [0.25, 0.3) is 0 Å². The maximum absolute atomic E-state index is 10.3. The fraction of sp³-hybridized carbons (Fsp3) is 0. The first kappa shape index (κ1) is 9.95. The van der Waals surface area contributed by atoms with Crippen molar-refractivity contribution >= 4 is 40.7 Å². The molecule has 0 saturated heterocycles. The summed E-state index contributed by atoms with van der Waals surface area (Å²) in [4.78, 5) is 10.3. The van der Waals surface area contributed by atoms with Crippen molar-refractivity contribution in [3.05, 3.63) is 22.2 Å². The van der Waals surface area contributed by atoms with Crippen LogP contribution < -0.4 is 11.1 Å². The van der Waals surface area contributed by atoms with Crippen molar-refractivity contribution in [3.8, 4) is 0 Å². The smallest absolute Gasteiger partial charge is 0.409 e. The van der Waals surface area contributed by atoms with Crippen LogP contribution in [-0.2, 0) is 0 Å². The van der Waals surface area contributed by atoms with Gasteiger partial charge in [0.05, 0.1) is 16.4 Å². The Morgan fingerprint density at radius 2 is 2.08 bits per heavy atom. The number of halogens is 2. The molecule has 70 valence electrons. The third kappa shape index (κ3) is 2.40. The molecule has 1 aromatic rings. The first-order valence-corrected chi connectivity index (χ1v) is 4.01. The molecule has 0 radical (unpaired) electrons. The monoisotopic (exact) mass is 220 g/mol. The van der Waals surface area contributed by atoms with Crippen LogP contribution in [0.3, 0.4) is 0 Å². The summed E-state index contributed by atoms with van der Waals surface area (Å²) in [5.41, 5.74) is 5.83. The van der Waals surface area contributed by atoms with Crippen molar-refractivity contribution in [2.45, 2.75) is 0 Å². The van der Waals surface area contributed by atoms with E-state index in [-0.39, 0.29) is 16.4 Å². The topological polar surface area (TPSA) is 75.3 Å². The molecule has 0 aromatic heterocycles. The van der Waals surface area contributed by atoms with Gasteiger partial charge in [0.2, 0.25) is 0 Å². The summed E-state index contributed by atoms with van der Waals surface area (Å²) in [7, 11) is 0. The Labute approximate surface area is 84.2 Å². The zero-order chi connectivity index (χ0) is 10.0. The number of carbonyl (C=O) groups is 1. The van der Waals surface area contributed by atoms with E-state index >= 15 is 0 Å². The highest BCUT2D eigenvalue weighted by molar-refractivity contribution is 6.37. The molecule has 0 heterocycles. The molecule has 1 aromatic carbocycles. The quantitative estimate of drug-likeness (QED) is 0.638. The number of amides is 1. The van der Waals surface area contributed by atoms with Crippen molar-refractivity contribution in [2.24, 2.45) is 0 Å². The van der Waals surface area contributed by atoms with Gasteiger partial charge in [0, 0.05) is 5.02 Å². The fourth-order valence-corrected chi connectivity index (χ4v) is 1.30. The van der Waals surface area contributed by atoms with Gasteiger partial charge in [-0.15, -0.1) is 0 Å². The highest BCUT2D eigenvalue weighted by Gasteiger charge is 2.07. The molecule has 13 heavy (non-hydrogen) atoms. The SMILES string of the molecule is Nc1c(Cl)cc(Cl)cc1NC(=O)O. The van der Waals surface area contributed by atoms with Crippen LogP contribution >= 0.6 is 23.2 Å². The van der Waals surface area contributed by atoms with Gasteiger partial charge < -0.3 is 10.8 Å². The van der Waals surface area contributed by atoms with Crippen molar-refractivity contribution in [1.29, 1.82) is 0 Å². The van der Waals surface area contributed by atoms with Crippen LogP contribution in [0.2, 0.25) is 10.0 Å². The van der Waals surface area contributed by atoms with E-state index in [1.807, 2.05) is 0 Å². The Balaban J connectivity index is 3.12. The Morgan fingerprint density at radius 3 is 2.62 bits per heavy atom. The van der Waals surface area contributed by atoms with E-state index in [9.17, 15) is 4.79 Å². The molecule has 1 amide bonds. The Hall–Kier alpha value is -1.13.